The minimum Gasteiger partial charge on any atom is -0.340 e. The number of nitrogens with zero attached hydrogens (tertiary/aromatic N) is 3. The zero-order valence-corrected chi connectivity index (χ0v) is 12.9. The molecule has 0 spiro atoms. The van der Waals surface area contributed by atoms with Crippen molar-refractivity contribution >= 4 is 18.2 Å². The quantitative estimate of drug-likeness (QED) is 0.872. The SMILES string of the molecule is CN(Cc1cccc(F)c1)c1n[nH]c(=S)n1C1CCCC1. The van der Waals surface area contributed by atoms with Crippen LogP contribution in [0, 0.1) is 10.6 Å². The van der Waals surface area contributed by atoms with Gasteiger partial charge in [-0.2, -0.15) is 0 Å². The number of benzene rings is 1. The Kier molecular flexibility index (Phi) is 4.05. The van der Waals surface area contributed by atoms with Crippen molar-refractivity contribution in [1.82, 2.24) is 14.8 Å². The summed E-state index contributed by atoms with van der Waals surface area (Å²) in [7, 11) is 1.96. The summed E-state index contributed by atoms with van der Waals surface area (Å²) in [4.78, 5) is 2.01. The molecule has 1 heterocycles. The van der Waals surface area contributed by atoms with Crippen LogP contribution >= 0.6 is 12.2 Å². The monoisotopic (exact) mass is 306 g/mol. The fourth-order valence-corrected chi connectivity index (χ4v) is 3.31. The van der Waals surface area contributed by atoms with Crippen LogP contribution in [0.5, 0.6) is 0 Å². The van der Waals surface area contributed by atoms with Crippen LogP contribution in [0.3, 0.4) is 0 Å². The lowest BCUT2D eigenvalue weighted by Crippen LogP contribution is -2.22. The van der Waals surface area contributed by atoms with E-state index in [1.165, 1.54) is 18.9 Å². The van der Waals surface area contributed by atoms with E-state index in [-0.39, 0.29) is 5.82 Å². The molecule has 4 nitrogen and oxygen atoms in total. The third-order valence-corrected chi connectivity index (χ3v) is 4.31. The van der Waals surface area contributed by atoms with E-state index in [4.69, 9.17) is 12.2 Å². The molecule has 3 rings (SSSR count). The maximum atomic E-state index is 13.3. The summed E-state index contributed by atoms with van der Waals surface area (Å²) in [5.74, 6) is 0.617. The van der Waals surface area contributed by atoms with Gasteiger partial charge in [0.15, 0.2) is 4.77 Å². The topological polar surface area (TPSA) is 36.9 Å². The highest BCUT2D eigenvalue weighted by Gasteiger charge is 2.22. The molecule has 112 valence electrons. The zero-order valence-electron chi connectivity index (χ0n) is 12.1. The van der Waals surface area contributed by atoms with Crippen LogP contribution < -0.4 is 4.90 Å². The maximum absolute atomic E-state index is 13.3. The van der Waals surface area contributed by atoms with E-state index in [2.05, 4.69) is 14.8 Å². The number of hydrogen-bond acceptors (Lipinski definition) is 3. The molecule has 1 saturated carbocycles. The van der Waals surface area contributed by atoms with Gasteiger partial charge in [-0.05, 0) is 42.8 Å². The number of hydrogen-bond donors (Lipinski definition) is 1. The second kappa shape index (κ2) is 5.97. The van der Waals surface area contributed by atoms with Gasteiger partial charge in [-0.15, -0.1) is 5.10 Å². The van der Waals surface area contributed by atoms with E-state index in [1.54, 1.807) is 12.1 Å². The van der Waals surface area contributed by atoms with Crippen LogP contribution in [0.15, 0.2) is 24.3 Å². The first-order valence-electron chi connectivity index (χ1n) is 7.27. The van der Waals surface area contributed by atoms with E-state index >= 15 is 0 Å². The van der Waals surface area contributed by atoms with Gasteiger partial charge in [0, 0.05) is 19.6 Å². The van der Waals surface area contributed by atoms with Crippen molar-refractivity contribution in [2.24, 2.45) is 0 Å². The molecular weight excluding hydrogens is 287 g/mol. The highest BCUT2D eigenvalue weighted by atomic mass is 32.1. The van der Waals surface area contributed by atoms with Crippen molar-refractivity contribution < 1.29 is 4.39 Å². The molecule has 0 bridgehead atoms. The van der Waals surface area contributed by atoms with Crippen molar-refractivity contribution in [2.45, 2.75) is 38.3 Å². The second-order valence-electron chi connectivity index (χ2n) is 5.62. The largest absolute Gasteiger partial charge is 0.340 e. The molecule has 0 saturated heterocycles. The van der Waals surface area contributed by atoms with Gasteiger partial charge in [0.05, 0.1) is 0 Å². The fraction of sp³-hybridized carbons (Fsp3) is 0.467. The molecule has 6 heteroatoms. The Morgan fingerprint density at radius 1 is 1.43 bits per heavy atom. The van der Waals surface area contributed by atoms with Crippen molar-refractivity contribution in [3.05, 3.63) is 40.4 Å². The molecule has 0 radical (unpaired) electrons. The van der Waals surface area contributed by atoms with Crippen LogP contribution in [0.25, 0.3) is 0 Å². The minimum atomic E-state index is -0.212. The number of H-pyrrole nitrogens is 1. The molecule has 0 atom stereocenters. The van der Waals surface area contributed by atoms with Gasteiger partial charge in [0.1, 0.15) is 5.82 Å². The van der Waals surface area contributed by atoms with E-state index < -0.39 is 0 Å². The second-order valence-corrected chi connectivity index (χ2v) is 6.01. The minimum absolute atomic E-state index is 0.212. The van der Waals surface area contributed by atoms with E-state index in [9.17, 15) is 4.39 Å². The summed E-state index contributed by atoms with van der Waals surface area (Å²) in [6, 6.07) is 7.09. The molecule has 1 aliphatic rings. The third-order valence-electron chi connectivity index (χ3n) is 4.03. The first kappa shape index (κ1) is 14.3. The van der Waals surface area contributed by atoms with E-state index in [1.807, 2.05) is 18.0 Å². The number of aromatic amines is 1. The molecule has 1 fully saturated rings. The van der Waals surface area contributed by atoms with Crippen LogP contribution in [0.2, 0.25) is 0 Å². The molecule has 0 amide bonds. The van der Waals surface area contributed by atoms with Crippen molar-refractivity contribution in [2.75, 3.05) is 11.9 Å². The number of anilines is 1. The van der Waals surface area contributed by atoms with Gasteiger partial charge in [0.2, 0.25) is 5.95 Å². The van der Waals surface area contributed by atoms with Crippen LogP contribution in [0.4, 0.5) is 10.3 Å². The Morgan fingerprint density at radius 2 is 2.19 bits per heavy atom. The molecule has 1 aliphatic carbocycles. The van der Waals surface area contributed by atoms with Crippen LogP contribution in [-0.4, -0.2) is 21.8 Å². The van der Waals surface area contributed by atoms with Gasteiger partial charge < -0.3 is 4.90 Å². The Labute approximate surface area is 128 Å². The summed E-state index contributed by atoms with van der Waals surface area (Å²) < 4.78 is 16.1. The Bertz CT molecular complexity index is 672. The van der Waals surface area contributed by atoms with Gasteiger partial charge in [0.25, 0.3) is 0 Å². The summed E-state index contributed by atoms with van der Waals surface area (Å²) >= 11 is 5.37. The Balaban J connectivity index is 1.84. The van der Waals surface area contributed by atoms with E-state index in [0.29, 0.717) is 17.4 Å². The Morgan fingerprint density at radius 3 is 2.90 bits per heavy atom. The summed E-state index contributed by atoms with van der Waals surface area (Å²) in [6.45, 7) is 0.601. The van der Waals surface area contributed by atoms with Gasteiger partial charge in [-0.3, -0.25) is 4.57 Å². The summed E-state index contributed by atoms with van der Waals surface area (Å²) in [5.41, 5.74) is 0.921. The first-order chi connectivity index (χ1) is 10.1. The first-order valence-corrected chi connectivity index (χ1v) is 7.68. The predicted octanol–water partition coefficient (Wildman–Crippen LogP) is 3.83. The normalized spacial score (nSPS) is 15.5. The fourth-order valence-electron chi connectivity index (χ4n) is 3.04. The number of nitrogens with one attached hydrogen (secondary N) is 1. The molecular formula is C15H19FN4S. The summed E-state index contributed by atoms with van der Waals surface area (Å²) in [6.07, 6.45) is 4.78. The van der Waals surface area contributed by atoms with Crippen LogP contribution in [0.1, 0.15) is 37.3 Å². The lowest BCUT2D eigenvalue weighted by molar-refractivity contribution is 0.508. The smallest absolute Gasteiger partial charge is 0.226 e. The molecule has 0 aliphatic heterocycles. The molecule has 1 aromatic heterocycles. The van der Waals surface area contributed by atoms with Gasteiger partial charge >= 0.3 is 0 Å². The average molecular weight is 306 g/mol. The standard InChI is InChI=1S/C15H19FN4S/c1-19(10-11-5-4-6-12(16)9-11)14-17-18-15(21)20(14)13-7-2-3-8-13/h4-6,9,13H,2-3,7-8,10H2,1H3,(H,18,21). The number of halogens is 1. The highest BCUT2D eigenvalue weighted by Crippen LogP contribution is 2.32. The Hall–Kier alpha value is -1.69. The zero-order chi connectivity index (χ0) is 14.8. The predicted molar refractivity (Wildman–Crippen MR) is 83.4 cm³/mol. The average Bonchev–Trinajstić information content (AvgIpc) is 3.07. The van der Waals surface area contributed by atoms with Crippen molar-refractivity contribution in [3.8, 4) is 0 Å². The van der Waals surface area contributed by atoms with Gasteiger partial charge in [-0.1, -0.05) is 25.0 Å². The van der Waals surface area contributed by atoms with Crippen LogP contribution in [-0.2, 0) is 6.54 Å². The number of aromatic nitrogens is 3. The molecule has 2 aromatic rings. The lowest BCUT2D eigenvalue weighted by Gasteiger charge is -2.22. The molecule has 21 heavy (non-hydrogen) atoms. The van der Waals surface area contributed by atoms with Crippen molar-refractivity contribution in [3.63, 3.8) is 0 Å². The van der Waals surface area contributed by atoms with E-state index in [0.717, 1.165) is 24.4 Å². The van der Waals surface area contributed by atoms with Gasteiger partial charge in [-0.25, -0.2) is 9.49 Å². The third kappa shape index (κ3) is 3.00. The highest BCUT2D eigenvalue weighted by molar-refractivity contribution is 7.71. The molecule has 1 N–H and O–H groups in total. The maximum Gasteiger partial charge on any atom is 0.226 e. The van der Waals surface area contributed by atoms with Crippen molar-refractivity contribution in [1.29, 1.82) is 0 Å². The lowest BCUT2D eigenvalue weighted by atomic mass is 10.2. The molecule has 0 unspecified atom stereocenters. The molecule has 1 aromatic carbocycles. The number of rotatable bonds is 4. The summed E-state index contributed by atoms with van der Waals surface area (Å²) in [5, 5.41) is 7.25.